The molecule has 110 valence electrons. The van der Waals surface area contributed by atoms with Crippen LogP contribution in [0.1, 0.15) is 41.0 Å². The van der Waals surface area contributed by atoms with Crippen molar-refractivity contribution in [2.45, 2.75) is 41.0 Å². The average Bonchev–Trinajstić information content (AvgIpc) is 2.24. The molecular formula is C15H33NO2. The van der Waals surface area contributed by atoms with Crippen molar-refractivity contribution in [3.8, 4) is 0 Å². The van der Waals surface area contributed by atoms with E-state index in [-0.39, 0.29) is 0 Å². The van der Waals surface area contributed by atoms with Crippen LogP contribution in [0.2, 0.25) is 0 Å². The average molecular weight is 259 g/mol. The molecule has 0 aromatic heterocycles. The van der Waals surface area contributed by atoms with Crippen LogP contribution in [0.3, 0.4) is 0 Å². The lowest BCUT2D eigenvalue weighted by Crippen LogP contribution is -2.34. The highest BCUT2D eigenvalue weighted by Crippen LogP contribution is 2.28. The molecule has 0 aromatic carbocycles. The Kier molecular flexibility index (Phi) is 9.70. The fourth-order valence-corrected chi connectivity index (χ4v) is 1.86. The molecule has 1 unspecified atom stereocenters. The fraction of sp³-hybridized carbons (Fsp3) is 1.00. The lowest BCUT2D eigenvalue weighted by atomic mass is 9.79. The highest BCUT2D eigenvalue weighted by atomic mass is 16.5. The van der Waals surface area contributed by atoms with Gasteiger partial charge in [-0.1, -0.05) is 34.6 Å². The molecule has 0 saturated carbocycles. The SMILES string of the molecule is COCCOCCC(CNCC(C)C)C(C)(C)C. The van der Waals surface area contributed by atoms with E-state index < -0.39 is 0 Å². The third-order valence-electron chi connectivity index (χ3n) is 3.21. The molecular weight excluding hydrogens is 226 g/mol. The number of ether oxygens (including phenoxy) is 2. The number of hydrogen-bond acceptors (Lipinski definition) is 3. The van der Waals surface area contributed by atoms with Gasteiger partial charge in [0.2, 0.25) is 0 Å². The Morgan fingerprint density at radius 2 is 1.67 bits per heavy atom. The van der Waals surface area contributed by atoms with Crippen molar-refractivity contribution in [1.82, 2.24) is 5.32 Å². The number of rotatable bonds is 10. The number of hydrogen-bond donors (Lipinski definition) is 1. The van der Waals surface area contributed by atoms with Gasteiger partial charge in [0.1, 0.15) is 0 Å². The minimum absolute atomic E-state index is 0.328. The van der Waals surface area contributed by atoms with Crippen LogP contribution >= 0.6 is 0 Å². The summed E-state index contributed by atoms with van der Waals surface area (Å²) < 4.78 is 10.5. The first-order chi connectivity index (χ1) is 8.38. The van der Waals surface area contributed by atoms with E-state index in [9.17, 15) is 0 Å². The molecule has 0 heterocycles. The molecule has 1 atom stereocenters. The Bertz CT molecular complexity index is 187. The highest BCUT2D eigenvalue weighted by molar-refractivity contribution is 4.76. The topological polar surface area (TPSA) is 30.5 Å². The molecule has 0 rings (SSSR count). The van der Waals surface area contributed by atoms with Gasteiger partial charge in [-0.25, -0.2) is 0 Å². The van der Waals surface area contributed by atoms with Gasteiger partial charge in [-0.3, -0.25) is 0 Å². The van der Waals surface area contributed by atoms with Crippen LogP contribution < -0.4 is 5.32 Å². The van der Waals surface area contributed by atoms with Crippen LogP contribution in [-0.2, 0) is 9.47 Å². The zero-order valence-corrected chi connectivity index (χ0v) is 13.2. The van der Waals surface area contributed by atoms with Crippen molar-refractivity contribution in [2.24, 2.45) is 17.3 Å². The zero-order valence-electron chi connectivity index (χ0n) is 13.2. The summed E-state index contributed by atoms with van der Waals surface area (Å²) >= 11 is 0. The second-order valence-corrected chi connectivity index (χ2v) is 6.51. The lowest BCUT2D eigenvalue weighted by molar-refractivity contribution is 0.0539. The summed E-state index contributed by atoms with van der Waals surface area (Å²) in [4.78, 5) is 0. The quantitative estimate of drug-likeness (QED) is 0.612. The van der Waals surface area contributed by atoms with Crippen LogP contribution in [-0.4, -0.2) is 40.0 Å². The molecule has 18 heavy (non-hydrogen) atoms. The smallest absolute Gasteiger partial charge is 0.0700 e. The summed E-state index contributed by atoms with van der Waals surface area (Å²) in [6.07, 6.45) is 1.11. The third-order valence-corrected chi connectivity index (χ3v) is 3.21. The molecule has 0 radical (unpaired) electrons. The van der Waals surface area contributed by atoms with Crippen molar-refractivity contribution in [3.05, 3.63) is 0 Å². The van der Waals surface area contributed by atoms with Crippen LogP contribution in [0.25, 0.3) is 0 Å². The maximum absolute atomic E-state index is 5.57. The molecule has 1 N–H and O–H groups in total. The van der Waals surface area contributed by atoms with Gasteiger partial charge in [-0.05, 0) is 36.8 Å². The summed E-state index contributed by atoms with van der Waals surface area (Å²) in [6, 6.07) is 0. The largest absolute Gasteiger partial charge is 0.382 e. The van der Waals surface area contributed by atoms with Gasteiger partial charge >= 0.3 is 0 Å². The Labute approximate surface area is 114 Å². The van der Waals surface area contributed by atoms with Crippen molar-refractivity contribution in [3.63, 3.8) is 0 Å². The van der Waals surface area contributed by atoms with Gasteiger partial charge in [0.05, 0.1) is 13.2 Å². The number of methoxy groups -OCH3 is 1. The van der Waals surface area contributed by atoms with Gasteiger partial charge in [0.15, 0.2) is 0 Å². The molecule has 3 heteroatoms. The first-order valence-electron chi connectivity index (χ1n) is 7.15. The van der Waals surface area contributed by atoms with E-state index in [2.05, 4.69) is 39.9 Å². The summed E-state index contributed by atoms with van der Waals surface area (Å²) in [7, 11) is 1.71. The van der Waals surface area contributed by atoms with Gasteiger partial charge in [-0.2, -0.15) is 0 Å². The minimum atomic E-state index is 0.328. The van der Waals surface area contributed by atoms with E-state index in [4.69, 9.17) is 9.47 Å². The molecule has 0 aromatic rings. The van der Waals surface area contributed by atoms with Crippen molar-refractivity contribution in [2.75, 3.05) is 40.0 Å². The molecule has 0 amide bonds. The molecule has 3 nitrogen and oxygen atoms in total. The van der Waals surface area contributed by atoms with Crippen molar-refractivity contribution in [1.29, 1.82) is 0 Å². The van der Waals surface area contributed by atoms with Crippen LogP contribution in [0.15, 0.2) is 0 Å². The van der Waals surface area contributed by atoms with E-state index >= 15 is 0 Å². The predicted octanol–water partition coefficient (Wildman–Crippen LogP) is 2.95. The molecule has 0 aliphatic rings. The summed E-state index contributed by atoms with van der Waals surface area (Å²) in [5, 5.41) is 3.56. The van der Waals surface area contributed by atoms with E-state index in [0.29, 0.717) is 30.5 Å². The second kappa shape index (κ2) is 9.76. The standard InChI is InChI=1S/C15H33NO2/c1-13(2)11-16-12-14(15(3,4)5)7-8-18-10-9-17-6/h13-14,16H,7-12H2,1-6H3. The Balaban J connectivity index is 3.86. The molecule has 0 aliphatic heterocycles. The second-order valence-electron chi connectivity index (χ2n) is 6.51. The van der Waals surface area contributed by atoms with Gasteiger partial charge in [0.25, 0.3) is 0 Å². The monoisotopic (exact) mass is 259 g/mol. The molecule has 0 aliphatic carbocycles. The third kappa shape index (κ3) is 9.86. The summed E-state index contributed by atoms with van der Waals surface area (Å²) in [5.41, 5.74) is 0.328. The first-order valence-corrected chi connectivity index (χ1v) is 7.15. The predicted molar refractivity (Wildman–Crippen MR) is 78.0 cm³/mol. The lowest BCUT2D eigenvalue weighted by Gasteiger charge is -2.31. The molecule has 0 fully saturated rings. The van der Waals surface area contributed by atoms with Crippen molar-refractivity contribution < 1.29 is 9.47 Å². The Hall–Kier alpha value is -0.120. The zero-order chi connectivity index (χ0) is 14.0. The van der Waals surface area contributed by atoms with Gasteiger partial charge in [-0.15, -0.1) is 0 Å². The highest BCUT2D eigenvalue weighted by Gasteiger charge is 2.23. The Morgan fingerprint density at radius 3 is 2.17 bits per heavy atom. The van der Waals surface area contributed by atoms with Gasteiger partial charge in [0, 0.05) is 13.7 Å². The maximum atomic E-state index is 5.57. The Morgan fingerprint density at radius 1 is 1.00 bits per heavy atom. The summed E-state index contributed by atoms with van der Waals surface area (Å²) in [5.74, 6) is 1.36. The molecule has 0 bridgehead atoms. The van der Waals surface area contributed by atoms with Crippen LogP contribution in [0.5, 0.6) is 0 Å². The van der Waals surface area contributed by atoms with E-state index in [1.807, 2.05) is 0 Å². The summed E-state index contributed by atoms with van der Waals surface area (Å²) in [6.45, 7) is 15.8. The van der Waals surface area contributed by atoms with Gasteiger partial charge < -0.3 is 14.8 Å². The van der Waals surface area contributed by atoms with Crippen LogP contribution in [0, 0.1) is 17.3 Å². The first kappa shape index (κ1) is 17.9. The van der Waals surface area contributed by atoms with E-state index in [1.165, 1.54) is 0 Å². The maximum Gasteiger partial charge on any atom is 0.0700 e. The molecule has 0 spiro atoms. The van der Waals surface area contributed by atoms with Crippen LogP contribution in [0.4, 0.5) is 0 Å². The normalized spacial score (nSPS) is 14.2. The van der Waals surface area contributed by atoms with Crippen molar-refractivity contribution >= 4 is 0 Å². The number of nitrogens with one attached hydrogen (secondary N) is 1. The fourth-order valence-electron chi connectivity index (χ4n) is 1.86. The molecule has 0 saturated heterocycles. The van der Waals surface area contributed by atoms with E-state index in [1.54, 1.807) is 7.11 Å². The minimum Gasteiger partial charge on any atom is -0.382 e. The van der Waals surface area contributed by atoms with E-state index in [0.717, 1.165) is 26.1 Å².